The second kappa shape index (κ2) is 11.2. The van der Waals surface area contributed by atoms with Gasteiger partial charge in [0.2, 0.25) is 6.10 Å². The molecule has 1 fully saturated rings. The van der Waals surface area contributed by atoms with Crippen molar-refractivity contribution in [3.05, 3.63) is 23.3 Å². The van der Waals surface area contributed by atoms with E-state index in [0.29, 0.717) is 40.7 Å². The zero-order valence-electron chi connectivity index (χ0n) is 19.3. The SMILES string of the molecule is COC(=O)C1Oc2c(OC)ccc(OC)c2C=C1CN[C@@H](CC1CCCCC1)C(=O)OC. The van der Waals surface area contributed by atoms with Crippen molar-refractivity contribution in [2.24, 2.45) is 5.92 Å². The van der Waals surface area contributed by atoms with Crippen molar-refractivity contribution in [2.45, 2.75) is 50.7 Å². The minimum Gasteiger partial charge on any atom is -0.496 e. The van der Waals surface area contributed by atoms with Gasteiger partial charge in [-0.2, -0.15) is 0 Å². The maximum Gasteiger partial charge on any atom is 0.351 e. The summed E-state index contributed by atoms with van der Waals surface area (Å²) in [6.45, 7) is 0.256. The largest absolute Gasteiger partial charge is 0.496 e. The Morgan fingerprint density at radius 3 is 2.34 bits per heavy atom. The fourth-order valence-electron chi connectivity index (χ4n) is 4.47. The molecule has 8 heteroatoms. The van der Waals surface area contributed by atoms with Crippen LogP contribution >= 0.6 is 0 Å². The molecule has 0 amide bonds. The van der Waals surface area contributed by atoms with Crippen LogP contribution in [0.15, 0.2) is 17.7 Å². The van der Waals surface area contributed by atoms with Crippen molar-refractivity contribution in [3.8, 4) is 17.2 Å². The lowest BCUT2D eigenvalue weighted by molar-refractivity contribution is -0.147. The molecule has 1 heterocycles. The smallest absolute Gasteiger partial charge is 0.351 e. The number of hydrogen-bond acceptors (Lipinski definition) is 8. The number of benzene rings is 1. The maximum absolute atomic E-state index is 12.5. The molecule has 2 aliphatic rings. The lowest BCUT2D eigenvalue weighted by Gasteiger charge is -2.29. The molecule has 0 saturated heterocycles. The van der Waals surface area contributed by atoms with E-state index in [0.717, 1.165) is 12.8 Å². The molecule has 1 aliphatic heterocycles. The van der Waals surface area contributed by atoms with E-state index in [4.69, 9.17) is 23.7 Å². The number of hydrogen-bond donors (Lipinski definition) is 1. The summed E-state index contributed by atoms with van der Waals surface area (Å²) >= 11 is 0. The quantitative estimate of drug-likeness (QED) is 0.578. The molecule has 1 unspecified atom stereocenters. The molecule has 1 aromatic rings. The van der Waals surface area contributed by atoms with Crippen LogP contribution in [0.2, 0.25) is 0 Å². The van der Waals surface area contributed by atoms with Crippen LogP contribution in [-0.4, -0.2) is 59.1 Å². The van der Waals surface area contributed by atoms with Crippen LogP contribution < -0.4 is 19.5 Å². The molecule has 0 aromatic heterocycles. The highest BCUT2D eigenvalue weighted by molar-refractivity contribution is 5.85. The van der Waals surface area contributed by atoms with Crippen molar-refractivity contribution < 1.29 is 33.3 Å². The first-order chi connectivity index (χ1) is 15.5. The Morgan fingerprint density at radius 2 is 1.72 bits per heavy atom. The van der Waals surface area contributed by atoms with Gasteiger partial charge < -0.3 is 29.0 Å². The lowest BCUT2D eigenvalue weighted by Crippen LogP contribution is -2.44. The van der Waals surface area contributed by atoms with Crippen LogP contribution in [0.5, 0.6) is 17.2 Å². The van der Waals surface area contributed by atoms with Gasteiger partial charge in [0.15, 0.2) is 11.5 Å². The molecule has 3 rings (SSSR count). The van der Waals surface area contributed by atoms with Gasteiger partial charge >= 0.3 is 11.9 Å². The zero-order valence-corrected chi connectivity index (χ0v) is 19.3. The van der Waals surface area contributed by atoms with Crippen molar-refractivity contribution >= 4 is 18.0 Å². The van der Waals surface area contributed by atoms with Crippen molar-refractivity contribution in [3.63, 3.8) is 0 Å². The second-order valence-corrected chi connectivity index (χ2v) is 8.15. The minimum atomic E-state index is -0.964. The normalized spacial score (nSPS) is 19.1. The summed E-state index contributed by atoms with van der Waals surface area (Å²) < 4.78 is 26.9. The Labute approximate surface area is 189 Å². The van der Waals surface area contributed by atoms with E-state index in [9.17, 15) is 9.59 Å². The molecule has 0 radical (unpaired) electrons. The fraction of sp³-hybridized carbons (Fsp3) is 0.583. The Hall–Kier alpha value is -2.74. The second-order valence-electron chi connectivity index (χ2n) is 8.15. The van der Waals surface area contributed by atoms with Crippen LogP contribution in [0.4, 0.5) is 0 Å². The van der Waals surface area contributed by atoms with Crippen molar-refractivity contribution in [1.29, 1.82) is 0 Å². The van der Waals surface area contributed by atoms with Gasteiger partial charge in [-0.3, -0.25) is 4.79 Å². The third kappa shape index (κ3) is 5.35. The summed E-state index contributed by atoms with van der Waals surface area (Å²) in [7, 11) is 5.81. The molecule has 1 saturated carbocycles. The number of nitrogens with one attached hydrogen (secondary N) is 1. The van der Waals surface area contributed by atoms with Gasteiger partial charge in [-0.15, -0.1) is 0 Å². The van der Waals surface area contributed by atoms with Gasteiger partial charge in [0.1, 0.15) is 11.8 Å². The average Bonchev–Trinajstić information content (AvgIpc) is 2.84. The number of esters is 2. The topological polar surface area (TPSA) is 92.3 Å². The van der Waals surface area contributed by atoms with Crippen molar-refractivity contribution in [1.82, 2.24) is 5.32 Å². The first-order valence-corrected chi connectivity index (χ1v) is 11.0. The third-order valence-corrected chi connectivity index (χ3v) is 6.21. The Balaban J connectivity index is 1.86. The van der Waals surface area contributed by atoms with E-state index < -0.39 is 18.1 Å². The summed E-state index contributed by atoms with van der Waals surface area (Å²) in [6, 6.07) is 3.04. The standard InChI is InChI=1S/C24H33NO7/c1-28-19-10-11-20(29-2)22-17(19)13-16(21(32-22)24(27)31-4)14-25-18(23(26)30-3)12-15-8-6-5-7-9-15/h10-11,13,15,18,21,25H,5-9,12,14H2,1-4H3/t18-,21?/m0/s1. The number of carbonyl (C=O) groups excluding carboxylic acids is 2. The maximum atomic E-state index is 12.5. The highest BCUT2D eigenvalue weighted by Crippen LogP contribution is 2.43. The molecule has 2 atom stereocenters. The Bertz CT molecular complexity index is 845. The van der Waals surface area contributed by atoms with E-state index in [1.165, 1.54) is 40.6 Å². The first kappa shape index (κ1) is 23.9. The molecular weight excluding hydrogens is 414 g/mol. The molecule has 1 aromatic carbocycles. The summed E-state index contributed by atoms with van der Waals surface area (Å²) in [5.74, 6) is 1.14. The van der Waals surface area contributed by atoms with E-state index in [2.05, 4.69) is 5.32 Å². The highest BCUT2D eigenvalue weighted by Gasteiger charge is 2.34. The summed E-state index contributed by atoms with van der Waals surface area (Å²) in [4.78, 5) is 25.0. The van der Waals surface area contributed by atoms with Crippen LogP contribution in [0.3, 0.4) is 0 Å². The van der Waals surface area contributed by atoms with Crippen LogP contribution in [0.1, 0.15) is 44.1 Å². The van der Waals surface area contributed by atoms with E-state index >= 15 is 0 Å². The number of methoxy groups -OCH3 is 4. The predicted molar refractivity (Wildman–Crippen MR) is 119 cm³/mol. The minimum absolute atomic E-state index is 0.256. The molecule has 176 valence electrons. The lowest BCUT2D eigenvalue weighted by atomic mass is 9.84. The third-order valence-electron chi connectivity index (χ3n) is 6.21. The molecule has 32 heavy (non-hydrogen) atoms. The zero-order chi connectivity index (χ0) is 23.1. The van der Waals surface area contributed by atoms with Crippen LogP contribution in [-0.2, 0) is 19.1 Å². The molecular formula is C24H33NO7. The van der Waals surface area contributed by atoms with Gasteiger partial charge in [-0.05, 0) is 36.1 Å². The number of carbonyl (C=O) groups is 2. The average molecular weight is 448 g/mol. The molecule has 0 spiro atoms. The van der Waals surface area contributed by atoms with Gasteiger partial charge in [0.05, 0.1) is 34.0 Å². The number of rotatable bonds is 9. The van der Waals surface area contributed by atoms with E-state index in [1.807, 2.05) is 6.08 Å². The van der Waals surface area contributed by atoms with Gasteiger partial charge in [0, 0.05) is 6.54 Å². The molecule has 1 N–H and O–H groups in total. The van der Waals surface area contributed by atoms with Crippen LogP contribution in [0.25, 0.3) is 6.08 Å². The van der Waals surface area contributed by atoms with Crippen LogP contribution in [0, 0.1) is 5.92 Å². The summed E-state index contributed by atoms with van der Waals surface area (Å²) in [6.07, 6.45) is 7.46. The summed E-state index contributed by atoms with van der Waals surface area (Å²) in [5.41, 5.74) is 1.30. The monoisotopic (exact) mass is 447 g/mol. The highest BCUT2D eigenvalue weighted by atomic mass is 16.6. The van der Waals surface area contributed by atoms with Crippen molar-refractivity contribution in [2.75, 3.05) is 35.0 Å². The van der Waals surface area contributed by atoms with E-state index in [-0.39, 0.29) is 12.5 Å². The number of ether oxygens (including phenoxy) is 5. The first-order valence-electron chi connectivity index (χ1n) is 11.0. The fourth-order valence-corrected chi connectivity index (χ4v) is 4.47. The van der Waals surface area contributed by atoms with E-state index in [1.54, 1.807) is 19.2 Å². The predicted octanol–water partition coefficient (Wildman–Crippen LogP) is 3.12. The Morgan fingerprint density at radius 1 is 1.03 bits per heavy atom. The number of fused-ring (bicyclic) bond motifs is 1. The summed E-state index contributed by atoms with van der Waals surface area (Å²) in [5, 5.41) is 3.29. The van der Waals surface area contributed by atoms with Gasteiger partial charge in [-0.25, -0.2) is 4.79 Å². The molecule has 1 aliphatic carbocycles. The molecule has 0 bridgehead atoms. The molecule has 8 nitrogen and oxygen atoms in total. The Kier molecular flexibility index (Phi) is 8.39. The van der Waals surface area contributed by atoms with Gasteiger partial charge in [-0.1, -0.05) is 32.1 Å². The van der Waals surface area contributed by atoms with Gasteiger partial charge in [0.25, 0.3) is 0 Å².